The number of carbonyl (C=O) groups is 1. The summed E-state index contributed by atoms with van der Waals surface area (Å²) < 4.78 is 1.65. The van der Waals surface area contributed by atoms with Gasteiger partial charge in [0, 0.05) is 6.07 Å². The van der Waals surface area contributed by atoms with E-state index in [4.69, 9.17) is 5.11 Å². The van der Waals surface area contributed by atoms with E-state index < -0.39 is 10.9 Å². The molecule has 0 saturated carbocycles. The molecule has 9 heteroatoms. The predicted molar refractivity (Wildman–Crippen MR) is 76.8 cm³/mol. The number of benzene rings is 1. The number of hydrogen-bond donors (Lipinski definition) is 1. The number of hydrogen-bond acceptors (Lipinski definition) is 5. The Morgan fingerprint density at radius 3 is 2.67 bits per heavy atom. The highest BCUT2D eigenvalue weighted by atomic mass is 79.9. The molecule has 0 amide bonds. The molecule has 1 heterocycles. The number of nitro groups is 1. The first kappa shape index (κ1) is 15.1. The van der Waals surface area contributed by atoms with Gasteiger partial charge in [0.1, 0.15) is 0 Å². The molecule has 0 bridgehead atoms. The van der Waals surface area contributed by atoms with Crippen LogP contribution in [0.4, 0.5) is 5.69 Å². The van der Waals surface area contributed by atoms with Crippen LogP contribution in [0, 0.1) is 10.1 Å². The van der Waals surface area contributed by atoms with Gasteiger partial charge in [-0.05, 0) is 34.0 Å². The molecule has 1 aromatic carbocycles. The third kappa shape index (κ3) is 2.77. The monoisotopic (exact) mass is 354 g/mol. The van der Waals surface area contributed by atoms with E-state index in [9.17, 15) is 14.9 Å². The van der Waals surface area contributed by atoms with Crippen molar-refractivity contribution in [1.82, 2.24) is 15.0 Å². The smallest absolute Gasteiger partial charge is 0.358 e. The molecule has 0 fully saturated rings. The topological polar surface area (TPSA) is 111 Å². The molecule has 0 atom stereocenters. The number of nitrogens with zero attached hydrogens (tertiary/aromatic N) is 4. The Balaban J connectivity index is 2.65. The van der Waals surface area contributed by atoms with Crippen LogP contribution in [0.15, 0.2) is 22.7 Å². The van der Waals surface area contributed by atoms with Gasteiger partial charge in [0.05, 0.1) is 20.8 Å². The first-order valence-corrected chi connectivity index (χ1v) is 6.75. The lowest BCUT2D eigenvalue weighted by Gasteiger charge is -2.10. The molecule has 1 aromatic heterocycles. The zero-order valence-electron chi connectivity index (χ0n) is 11.1. The Morgan fingerprint density at radius 1 is 1.48 bits per heavy atom. The average molecular weight is 355 g/mol. The number of nitro benzene ring substituents is 1. The summed E-state index contributed by atoms with van der Waals surface area (Å²) in [6.07, 6.45) is 0. The van der Waals surface area contributed by atoms with Gasteiger partial charge in [0.2, 0.25) is 0 Å². The second kappa shape index (κ2) is 5.60. The molecule has 2 rings (SSSR count). The fourth-order valence-corrected chi connectivity index (χ4v) is 2.31. The minimum absolute atomic E-state index is 0.130. The lowest BCUT2D eigenvalue weighted by Crippen LogP contribution is -2.08. The zero-order chi connectivity index (χ0) is 15.7. The molecular weight excluding hydrogens is 344 g/mol. The van der Waals surface area contributed by atoms with E-state index in [-0.39, 0.29) is 17.3 Å². The molecule has 0 aliphatic rings. The zero-order valence-corrected chi connectivity index (χ0v) is 12.7. The Hall–Kier alpha value is -2.29. The minimum Gasteiger partial charge on any atom is -0.476 e. The molecule has 0 aliphatic heterocycles. The summed E-state index contributed by atoms with van der Waals surface area (Å²) in [4.78, 5) is 21.6. The lowest BCUT2D eigenvalue weighted by molar-refractivity contribution is -0.385. The summed E-state index contributed by atoms with van der Waals surface area (Å²) in [6.45, 7) is 3.60. The number of halogens is 1. The Kier molecular flexibility index (Phi) is 4.03. The molecule has 110 valence electrons. The quantitative estimate of drug-likeness (QED) is 0.667. The maximum atomic E-state index is 11.2. The van der Waals surface area contributed by atoms with Crippen LogP contribution in [0.2, 0.25) is 0 Å². The molecule has 2 aromatic rings. The van der Waals surface area contributed by atoms with Crippen molar-refractivity contribution in [3.63, 3.8) is 0 Å². The van der Waals surface area contributed by atoms with Gasteiger partial charge in [-0.3, -0.25) is 10.1 Å². The maximum Gasteiger partial charge on any atom is 0.358 e. The molecule has 0 radical (unpaired) electrons. The SMILES string of the molecule is CC(C)c1c(C(=O)O)nnn1-c1ccc(Br)c([N+](=O)[O-])c1. The van der Waals surface area contributed by atoms with Gasteiger partial charge >= 0.3 is 5.97 Å². The van der Waals surface area contributed by atoms with E-state index in [0.717, 1.165) is 0 Å². The van der Waals surface area contributed by atoms with Crippen molar-refractivity contribution in [3.05, 3.63) is 44.2 Å². The van der Waals surface area contributed by atoms with E-state index >= 15 is 0 Å². The van der Waals surface area contributed by atoms with Gasteiger partial charge in [-0.1, -0.05) is 19.1 Å². The van der Waals surface area contributed by atoms with Gasteiger partial charge in [-0.25, -0.2) is 9.48 Å². The molecule has 0 unspecified atom stereocenters. The van der Waals surface area contributed by atoms with Crippen molar-refractivity contribution in [3.8, 4) is 5.69 Å². The third-order valence-electron chi connectivity index (χ3n) is 2.83. The molecule has 8 nitrogen and oxygen atoms in total. The number of aromatic carboxylic acids is 1. The van der Waals surface area contributed by atoms with Crippen LogP contribution in [0.1, 0.15) is 35.9 Å². The normalized spacial score (nSPS) is 10.9. The Labute approximate surface area is 127 Å². The maximum absolute atomic E-state index is 11.2. The minimum atomic E-state index is -1.18. The summed E-state index contributed by atoms with van der Waals surface area (Å²) in [5.41, 5.74) is 0.484. The van der Waals surface area contributed by atoms with E-state index in [1.165, 1.54) is 16.8 Å². The number of carboxylic acid groups (broad SMARTS) is 1. The van der Waals surface area contributed by atoms with E-state index in [2.05, 4.69) is 26.2 Å². The Bertz CT molecular complexity index is 726. The van der Waals surface area contributed by atoms with E-state index in [1.807, 2.05) is 0 Å². The summed E-state index contributed by atoms with van der Waals surface area (Å²) in [5.74, 6) is -1.34. The number of carboxylic acids is 1. The van der Waals surface area contributed by atoms with Gasteiger partial charge in [0.15, 0.2) is 5.69 Å². The van der Waals surface area contributed by atoms with Crippen LogP contribution in [0.3, 0.4) is 0 Å². The average Bonchev–Trinajstić information content (AvgIpc) is 2.83. The van der Waals surface area contributed by atoms with Gasteiger partial charge in [-0.15, -0.1) is 5.10 Å². The highest BCUT2D eigenvalue weighted by Crippen LogP contribution is 2.29. The third-order valence-corrected chi connectivity index (χ3v) is 3.50. The number of rotatable bonds is 4. The molecule has 0 saturated heterocycles. The van der Waals surface area contributed by atoms with Crippen LogP contribution in [0.25, 0.3) is 5.69 Å². The van der Waals surface area contributed by atoms with Crippen LogP contribution in [0.5, 0.6) is 0 Å². The summed E-state index contributed by atoms with van der Waals surface area (Å²) in [5, 5.41) is 27.6. The summed E-state index contributed by atoms with van der Waals surface area (Å²) >= 11 is 3.10. The van der Waals surface area contributed by atoms with Gasteiger partial charge < -0.3 is 5.11 Å². The van der Waals surface area contributed by atoms with E-state index in [1.54, 1.807) is 19.9 Å². The highest BCUT2D eigenvalue weighted by Gasteiger charge is 2.23. The van der Waals surface area contributed by atoms with Crippen molar-refractivity contribution in [2.75, 3.05) is 0 Å². The fourth-order valence-electron chi connectivity index (χ4n) is 1.92. The van der Waals surface area contributed by atoms with Crippen LogP contribution >= 0.6 is 15.9 Å². The lowest BCUT2D eigenvalue weighted by atomic mass is 10.1. The van der Waals surface area contributed by atoms with E-state index in [0.29, 0.717) is 15.9 Å². The molecule has 1 N–H and O–H groups in total. The molecule has 0 spiro atoms. The van der Waals surface area contributed by atoms with Crippen molar-refractivity contribution >= 4 is 27.6 Å². The second-order valence-electron chi connectivity index (χ2n) is 4.59. The predicted octanol–water partition coefficient (Wildman–Crippen LogP) is 2.76. The van der Waals surface area contributed by atoms with Crippen LogP contribution < -0.4 is 0 Å². The first-order valence-electron chi connectivity index (χ1n) is 5.96. The number of aromatic nitrogens is 3. The molecule has 21 heavy (non-hydrogen) atoms. The second-order valence-corrected chi connectivity index (χ2v) is 5.44. The van der Waals surface area contributed by atoms with Crippen LogP contribution in [-0.2, 0) is 0 Å². The molecule has 0 aliphatic carbocycles. The van der Waals surface area contributed by atoms with Crippen molar-refractivity contribution < 1.29 is 14.8 Å². The largest absolute Gasteiger partial charge is 0.476 e. The van der Waals surface area contributed by atoms with Crippen LogP contribution in [-0.4, -0.2) is 31.0 Å². The summed E-state index contributed by atoms with van der Waals surface area (Å²) in [7, 11) is 0. The Morgan fingerprint density at radius 2 is 2.14 bits per heavy atom. The highest BCUT2D eigenvalue weighted by molar-refractivity contribution is 9.10. The van der Waals surface area contributed by atoms with Crippen molar-refractivity contribution in [1.29, 1.82) is 0 Å². The van der Waals surface area contributed by atoms with Crippen molar-refractivity contribution in [2.24, 2.45) is 0 Å². The first-order chi connectivity index (χ1) is 9.82. The fraction of sp³-hybridized carbons (Fsp3) is 0.250. The molecular formula is C12H11BrN4O4. The standard InChI is InChI=1S/C12H11BrN4O4/c1-6(2)11-10(12(18)19)14-15-16(11)7-3-4-8(13)9(5-7)17(20)21/h3-6H,1-2H3,(H,18,19). The van der Waals surface area contributed by atoms with Crippen molar-refractivity contribution in [2.45, 2.75) is 19.8 Å². The summed E-state index contributed by atoms with van der Waals surface area (Å²) in [6, 6.07) is 4.43. The van der Waals surface area contributed by atoms with Gasteiger partial charge in [-0.2, -0.15) is 0 Å². The van der Waals surface area contributed by atoms with Gasteiger partial charge in [0.25, 0.3) is 5.69 Å².